The van der Waals surface area contributed by atoms with Gasteiger partial charge in [0.15, 0.2) is 0 Å². The van der Waals surface area contributed by atoms with E-state index in [1.807, 2.05) is 25.1 Å². The van der Waals surface area contributed by atoms with Crippen LogP contribution in [0.4, 0.5) is 28.7 Å². The summed E-state index contributed by atoms with van der Waals surface area (Å²) in [5.41, 5.74) is 6.07. The van der Waals surface area contributed by atoms with Gasteiger partial charge in [0.1, 0.15) is 17.5 Å². The highest BCUT2D eigenvalue weighted by atomic mass is 32.2. The van der Waals surface area contributed by atoms with Crippen LogP contribution in [0.2, 0.25) is 0 Å². The van der Waals surface area contributed by atoms with Crippen LogP contribution in [0.1, 0.15) is 66.0 Å². The Morgan fingerprint density at radius 1 is 1.03 bits per heavy atom. The molecule has 39 heavy (non-hydrogen) atoms. The first-order valence-electron chi connectivity index (χ1n) is 13.1. The lowest BCUT2D eigenvalue weighted by Gasteiger charge is -2.24. The van der Waals surface area contributed by atoms with Crippen molar-refractivity contribution < 1.29 is 18.0 Å². The third kappa shape index (κ3) is 6.12. The van der Waals surface area contributed by atoms with Crippen molar-refractivity contribution in [2.24, 2.45) is 0 Å². The van der Waals surface area contributed by atoms with Crippen molar-refractivity contribution in [1.82, 2.24) is 20.4 Å². The molecule has 2 aliphatic carbocycles. The molecule has 206 valence electrons. The average molecular weight is 552 g/mol. The first-order valence-corrected chi connectivity index (χ1v) is 14.6. The molecule has 0 bridgehead atoms. The normalized spacial score (nSPS) is 15.1. The van der Waals surface area contributed by atoms with Crippen molar-refractivity contribution in [3.8, 4) is 0 Å². The molecular formula is C27H33N7O4S. The summed E-state index contributed by atoms with van der Waals surface area (Å²) in [6.45, 7) is 5.74. The van der Waals surface area contributed by atoms with Gasteiger partial charge in [0.2, 0.25) is 10.0 Å². The van der Waals surface area contributed by atoms with E-state index in [1.54, 1.807) is 33.0 Å². The molecule has 0 radical (unpaired) electrons. The van der Waals surface area contributed by atoms with E-state index in [0.29, 0.717) is 59.9 Å². The van der Waals surface area contributed by atoms with Gasteiger partial charge in [0.05, 0.1) is 34.5 Å². The zero-order valence-electron chi connectivity index (χ0n) is 22.5. The lowest BCUT2D eigenvalue weighted by Crippen LogP contribution is -2.30. The van der Waals surface area contributed by atoms with Gasteiger partial charge in [0.25, 0.3) is 5.91 Å². The van der Waals surface area contributed by atoms with E-state index in [9.17, 15) is 13.2 Å². The number of sulfonamides is 1. The summed E-state index contributed by atoms with van der Waals surface area (Å²) in [5, 5.41) is 6.12. The molecule has 0 atom stereocenters. The second-order valence-corrected chi connectivity index (χ2v) is 12.2. The minimum absolute atomic E-state index is 0.231. The molecule has 1 aromatic carbocycles. The Kier molecular flexibility index (Phi) is 7.41. The highest BCUT2D eigenvalue weighted by molar-refractivity contribution is 7.93. The Hall–Kier alpha value is -3.77. The fourth-order valence-corrected chi connectivity index (χ4v) is 5.97. The van der Waals surface area contributed by atoms with E-state index in [-0.39, 0.29) is 10.8 Å². The lowest BCUT2D eigenvalue weighted by atomic mass is 10.1. The number of rotatable bonds is 11. The predicted octanol–water partition coefficient (Wildman–Crippen LogP) is 4.46. The quantitative estimate of drug-likeness (QED) is 0.295. The van der Waals surface area contributed by atoms with Crippen LogP contribution in [0.3, 0.4) is 0 Å². The molecule has 2 saturated carbocycles. The van der Waals surface area contributed by atoms with Gasteiger partial charge in [-0.1, -0.05) is 6.07 Å². The molecule has 12 heteroatoms. The van der Waals surface area contributed by atoms with Gasteiger partial charge in [-0.05, 0) is 70.1 Å². The molecule has 5 rings (SSSR count). The van der Waals surface area contributed by atoms with Crippen LogP contribution in [-0.2, 0) is 14.9 Å². The van der Waals surface area contributed by atoms with Gasteiger partial charge < -0.3 is 10.6 Å². The Morgan fingerprint density at radius 2 is 1.79 bits per heavy atom. The number of carbonyl (C=O) groups is 1. The second kappa shape index (κ2) is 10.8. The second-order valence-electron chi connectivity index (χ2n) is 9.93. The van der Waals surface area contributed by atoms with E-state index in [0.717, 1.165) is 24.1 Å². The van der Waals surface area contributed by atoms with E-state index in [4.69, 9.17) is 4.84 Å². The molecule has 2 fully saturated rings. The third-order valence-electron chi connectivity index (χ3n) is 6.69. The minimum atomic E-state index is -3.50. The van der Waals surface area contributed by atoms with Crippen LogP contribution >= 0.6 is 0 Å². The van der Waals surface area contributed by atoms with Crippen molar-refractivity contribution in [1.29, 1.82) is 0 Å². The monoisotopic (exact) mass is 551 g/mol. The Labute approximate surface area is 228 Å². The van der Waals surface area contributed by atoms with Gasteiger partial charge in [-0.2, -0.15) is 0 Å². The van der Waals surface area contributed by atoms with Crippen molar-refractivity contribution in [3.63, 3.8) is 0 Å². The fourth-order valence-electron chi connectivity index (χ4n) is 4.37. The Morgan fingerprint density at radius 3 is 2.46 bits per heavy atom. The van der Waals surface area contributed by atoms with Crippen LogP contribution in [0.5, 0.6) is 0 Å². The molecule has 0 aliphatic heterocycles. The lowest BCUT2D eigenvalue weighted by molar-refractivity contribution is 0.0365. The van der Waals surface area contributed by atoms with E-state index in [1.165, 1.54) is 10.5 Å². The SMILES string of the molecule is CCONC(=O)c1cnc(Nc2cc(C)nc(C)n2)cc1Nc1ccc(C2CC2)cc1N(C)S(=O)(=O)C1CC1. The zero-order chi connectivity index (χ0) is 27.7. The van der Waals surface area contributed by atoms with Crippen molar-refractivity contribution in [2.75, 3.05) is 28.6 Å². The minimum Gasteiger partial charge on any atom is -0.353 e. The van der Waals surface area contributed by atoms with Gasteiger partial charge in [-0.25, -0.2) is 28.8 Å². The first-order chi connectivity index (χ1) is 18.7. The maximum Gasteiger partial charge on any atom is 0.278 e. The fraction of sp³-hybridized carbons (Fsp3) is 0.407. The molecule has 0 spiro atoms. The highest BCUT2D eigenvalue weighted by Gasteiger charge is 2.39. The van der Waals surface area contributed by atoms with Gasteiger partial charge in [-0.3, -0.25) is 13.9 Å². The summed E-state index contributed by atoms with van der Waals surface area (Å²) in [6.07, 6.45) is 4.95. The topological polar surface area (TPSA) is 138 Å². The molecular weight excluding hydrogens is 518 g/mol. The van der Waals surface area contributed by atoms with Crippen molar-refractivity contribution in [3.05, 3.63) is 59.2 Å². The van der Waals surface area contributed by atoms with E-state index < -0.39 is 15.9 Å². The summed E-state index contributed by atoms with van der Waals surface area (Å²) >= 11 is 0. The first kappa shape index (κ1) is 26.8. The number of nitrogens with zero attached hydrogens (tertiary/aromatic N) is 4. The number of hydroxylamine groups is 1. The van der Waals surface area contributed by atoms with Gasteiger partial charge in [-0.15, -0.1) is 0 Å². The van der Waals surface area contributed by atoms with Crippen molar-refractivity contribution >= 4 is 44.6 Å². The number of aryl methyl sites for hydroxylation is 2. The molecule has 3 N–H and O–H groups in total. The maximum absolute atomic E-state index is 13.2. The molecule has 3 aromatic rings. The largest absolute Gasteiger partial charge is 0.353 e. The van der Waals surface area contributed by atoms with Crippen LogP contribution in [0.25, 0.3) is 0 Å². The molecule has 11 nitrogen and oxygen atoms in total. The predicted molar refractivity (Wildman–Crippen MR) is 150 cm³/mol. The number of hydrogen-bond donors (Lipinski definition) is 3. The number of anilines is 5. The van der Waals surface area contributed by atoms with Crippen molar-refractivity contribution in [2.45, 2.75) is 57.6 Å². The third-order valence-corrected chi connectivity index (χ3v) is 8.96. The Bertz CT molecular complexity index is 1480. The van der Waals surface area contributed by atoms with Crippen LogP contribution in [0, 0.1) is 13.8 Å². The number of amides is 1. The summed E-state index contributed by atoms with van der Waals surface area (Å²) < 4.78 is 27.7. The number of pyridine rings is 1. The summed E-state index contributed by atoms with van der Waals surface area (Å²) in [6, 6.07) is 9.29. The molecule has 2 heterocycles. The van der Waals surface area contributed by atoms with Gasteiger partial charge in [0, 0.05) is 31.1 Å². The van der Waals surface area contributed by atoms with E-state index in [2.05, 4.69) is 31.1 Å². The standard InChI is InChI=1S/C27H33N7O4S/c1-5-38-33-27(35)21-15-28-25(32-26-12-16(2)29-17(3)30-26)14-23(21)31-22-11-8-19(18-6-7-18)13-24(22)34(4)39(36,37)20-9-10-20/h8,11-15,18,20H,5-7,9-10H2,1-4H3,(H,33,35)(H2,28,29,30,31,32). The average Bonchev–Trinajstić information content (AvgIpc) is 3.79. The summed E-state index contributed by atoms with van der Waals surface area (Å²) in [7, 11) is -1.91. The van der Waals surface area contributed by atoms with Gasteiger partial charge >= 0.3 is 0 Å². The smallest absolute Gasteiger partial charge is 0.278 e. The van der Waals surface area contributed by atoms with Crippen LogP contribution < -0.4 is 20.4 Å². The maximum atomic E-state index is 13.2. The number of nitrogens with one attached hydrogen (secondary N) is 3. The molecule has 2 aromatic heterocycles. The molecule has 1 amide bonds. The van der Waals surface area contributed by atoms with Crippen LogP contribution in [0.15, 0.2) is 36.5 Å². The number of aromatic nitrogens is 3. The summed E-state index contributed by atoms with van der Waals surface area (Å²) in [4.78, 5) is 31.2. The molecule has 2 aliphatic rings. The number of hydrogen-bond acceptors (Lipinski definition) is 9. The Balaban J connectivity index is 1.53. The zero-order valence-corrected chi connectivity index (χ0v) is 23.3. The number of carbonyl (C=O) groups excluding carboxylic acids is 1. The number of benzene rings is 1. The summed E-state index contributed by atoms with van der Waals surface area (Å²) in [5.74, 6) is 1.58. The van der Waals surface area contributed by atoms with Crippen LogP contribution in [-0.4, -0.2) is 48.2 Å². The van der Waals surface area contributed by atoms with E-state index >= 15 is 0 Å². The molecule has 0 unspecified atom stereocenters. The highest BCUT2D eigenvalue weighted by Crippen LogP contribution is 2.44. The molecule has 0 saturated heterocycles.